The van der Waals surface area contributed by atoms with Crippen molar-refractivity contribution in [2.45, 2.75) is 33.2 Å². The van der Waals surface area contributed by atoms with Crippen molar-refractivity contribution in [1.29, 1.82) is 0 Å². The lowest BCUT2D eigenvalue weighted by Gasteiger charge is -1.96. The summed E-state index contributed by atoms with van der Waals surface area (Å²) in [4.78, 5) is 4.54. The van der Waals surface area contributed by atoms with Crippen LogP contribution in [0.15, 0.2) is 28.9 Å². The number of nitrogens with zero attached hydrogens (tertiary/aromatic N) is 4. The summed E-state index contributed by atoms with van der Waals surface area (Å²) in [5, 5.41) is 11.0. The van der Waals surface area contributed by atoms with Gasteiger partial charge < -0.3 is 14.1 Å². The summed E-state index contributed by atoms with van der Waals surface area (Å²) in [7, 11) is 0. The Bertz CT molecular complexity index is 715. The summed E-state index contributed by atoms with van der Waals surface area (Å²) in [6.07, 6.45) is 5.80. The molecule has 6 nitrogen and oxygen atoms in total. The number of aromatic nitrogens is 4. The lowest BCUT2D eigenvalue weighted by atomic mass is 10.3. The third kappa shape index (κ3) is 2.64. The smallest absolute Gasteiger partial charge is 0.315 e. The zero-order valence-electron chi connectivity index (χ0n) is 11.6. The predicted molar refractivity (Wildman–Crippen MR) is 75.5 cm³/mol. The van der Waals surface area contributed by atoms with Crippen LogP contribution < -0.4 is 5.32 Å². The molecule has 3 aromatic heterocycles. The minimum absolute atomic E-state index is 0.446. The fraction of sp³-hybridized carbons (Fsp3) is 0.357. The quantitative estimate of drug-likeness (QED) is 0.772. The van der Waals surface area contributed by atoms with Gasteiger partial charge >= 0.3 is 6.01 Å². The molecule has 6 heteroatoms. The zero-order chi connectivity index (χ0) is 13.9. The van der Waals surface area contributed by atoms with Crippen LogP contribution >= 0.6 is 0 Å². The van der Waals surface area contributed by atoms with Gasteiger partial charge in [0.05, 0.1) is 12.2 Å². The van der Waals surface area contributed by atoms with Crippen LogP contribution in [0.1, 0.15) is 30.5 Å². The normalized spacial score (nSPS) is 11.1. The Hall–Kier alpha value is -2.37. The van der Waals surface area contributed by atoms with Gasteiger partial charge in [-0.2, -0.15) is 0 Å². The minimum Gasteiger partial charge on any atom is -0.408 e. The third-order valence-electron chi connectivity index (χ3n) is 3.02. The van der Waals surface area contributed by atoms with Gasteiger partial charge in [-0.05, 0) is 31.0 Å². The zero-order valence-corrected chi connectivity index (χ0v) is 11.6. The number of imidazole rings is 1. The molecule has 104 valence electrons. The van der Waals surface area contributed by atoms with Crippen molar-refractivity contribution in [1.82, 2.24) is 19.6 Å². The number of anilines is 1. The van der Waals surface area contributed by atoms with Gasteiger partial charge in [-0.1, -0.05) is 12.0 Å². The van der Waals surface area contributed by atoms with Crippen LogP contribution in [-0.2, 0) is 13.0 Å². The molecule has 0 aliphatic carbocycles. The molecule has 0 fully saturated rings. The Morgan fingerprint density at radius 2 is 2.25 bits per heavy atom. The van der Waals surface area contributed by atoms with Crippen molar-refractivity contribution in [2.24, 2.45) is 0 Å². The van der Waals surface area contributed by atoms with E-state index in [0.29, 0.717) is 18.5 Å². The van der Waals surface area contributed by atoms with Crippen LogP contribution in [0.25, 0.3) is 5.65 Å². The van der Waals surface area contributed by atoms with E-state index in [2.05, 4.69) is 46.5 Å². The van der Waals surface area contributed by atoms with Gasteiger partial charge in [0.2, 0.25) is 5.89 Å². The molecule has 0 aliphatic heterocycles. The fourth-order valence-electron chi connectivity index (χ4n) is 2.03. The largest absolute Gasteiger partial charge is 0.408 e. The predicted octanol–water partition coefficient (Wildman–Crippen LogP) is 2.59. The van der Waals surface area contributed by atoms with E-state index in [1.54, 1.807) is 0 Å². The number of fused-ring (bicyclic) bond motifs is 1. The fourth-order valence-corrected chi connectivity index (χ4v) is 2.03. The second-order valence-corrected chi connectivity index (χ2v) is 4.81. The van der Waals surface area contributed by atoms with Crippen LogP contribution in [0, 0.1) is 6.92 Å². The van der Waals surface area contributed by atoms with Gasteiger partial charge in [0.25, 0.3) is 0 Å². The molecule has 0 spiro atoms. The maximum atomic E-state index is 5.47. The summed E-state index contributed by atoms with van der Waals surface area (Å²) < 4.78 is 7.47. The van der Waals surface area contributed by atoms with E-state index in [-0.39, 0.29) is 0 Å². The molecule has 0 radical (unpaired) electrons. The monoisotopic (exact) mass is 271 g/mol. The molecule has 3 aromatic rings. The van der Waals surface area contributed by atoms with Crippen LogP contribution in [0.2, 0.25) is 0 Å². The van der Waals surface area contributed by atoms with Gasteiger partial charge in [0, 0.05) is 18.8 Å². The topological polar surface area (TPSA) is 68.2 Å². The van der Waals surface area contributed by atoms with Crippen molar-refractivity contribution in [3.05, 3.63) is 41.7 Å². The molecule has 0 saturated heterocycles. The third-order valence-corrected chi connectivity index (χ3v) is 3.02. The Labute approximate surface area is 116 Å². The maximum Gasteiger partial charge on any atom is 0.315 e. The van der Waals surface area contributed by atoms with Gasteiger partial charge in [0.1, 0.15) is 5.65 Å². The average Bonchev–Trinajstić information content (AvgIpc) is 3.02. The van der Waals surface area contributed by atoms with Crippen LogP contribution in [-0.4, -0.2) is 19.6 Å². The molecular formula is C14H17N5O. The van der Waals surface area contributed by atoms with Crippen molar-refractivity contribution < 1.29 is 4.42 Å². The second kappa shape index (κ2) is 5.32. The first-order valence-corrected chi connectivity index (χ1v) is 6.75. The summed E-state index contributed by atoms with van der Waals surface area (Å²) >= 11 is 0. The van der Waals surface area contributed by atoms with Crippen LogP contribution in [0.5, 0.6) is 0 Å². The molecule has 0 aliphatic rings. The highest BCUT2D eigenvalue weighted by Gasteiger charge is 2.06. The van der Waals surface area contributed by atoms with Crippen molar-refractivity contribution in [3.63, 3.8) is 0 Å². The molecule has 3 heterocycles. The molecule has 0 amide bonds. The first kappa shape index (κ1) is 12.7. The highest BCUT2D eigenvalue weighted by atomic mass is 16.4. The Morgan fingerprint density at radius 3 is 3.10 bits per heavy atom. The Kier molecular flexibility index (Phi) is 3.37. The van der Waals surface area contributed by atoms with E-state index >= 15 is 0 Å². The SMILES string of the molecule is CCCc1nnc(NCc2cn3ccc(C)cc3n2)o1. The Morgan fingerprint density at radius 1 is 1.35 bits per heavy atom. The number of hydrogen-bond donors (Lipinski definition) is 1. The van der Waals surface area contributed by atoms with E-state index in [4.69, 9.17) is 4.42 Å². The minimum atomic E-state index is 0.446. The molecule has 1 N–H and O–H groups in total. The van der Waals surface area contributed by atoms with Gasteiger partial charge in [-0.3, -0.25) is 0 Å². The lowest BCUT2D eigenvalue weighted by molar-refractivity contribution is 0.500. The maximum absolute atomic E-state index is 5.47. The summed E-state index contributed by atoms with van der Waals surface area (Å²) in [6, 6.07) is 4.55. The van der Waals surface area contributed by atoms with E-state index in [1.807, 2.05) is 16.8 Å². The Balaban J connectivity index is 1.69. The van der Waals surface area contributed by atoms with Gasteiger partial charge in [-0.25, -0.2) is 4.98 Å². The average molecular weight is 271 g/mol. The van der Waals surface area contributed by atoms with Gasteiger partial charge in [-0.15, -0.1) is 5.10 Å². The number of rotatable bonds is 5. The summed E-state index contributed by atoms with van der Waals surface area (Å²) in [5.41, 5.74) is 3.08. The van der Waals surface area contributed by atoms with E-state index in [1.165, 1.54) is 5.56 Å². The molecule has 3 rings (SSSR count). The van der Waals surface area contributed by atoms with Crippen molar-refractivity contribution in [3.8, 4) is 0 Å². The summed E-state index contributed by atoms with van der Waals surface area (Å²) in [6.45, 7) is 4.70. The first-order valence-electron chi connectivity index (χ1n) is 6.75. The van der Waals surface area contributed by atoms with Crippen LogP contribution in [0.3, 0.4) is 0 Å². The molecular weight excluding hydrogens is 254 g/mol. The molecule has 0 saturated carbocycles. The second-order valence-electron chi connectivity index (χ2n) is 4.81. The lowest BCUT2D eigenvalue weighted by Crippen LogP contribution is -1.99. The highest BCUT2D eigenvalue weighted by Crippen LogP contribution is 2.11. The highest BCUT2D eigenvalue weighted by molar-refractivity contribution is 5.42. The van der Waals surface area contributed by atoms with Crippen LogP contribution in [0.4, 0.5) is 6.01 Å². The molecule has 0 bridgehead atoms. The molecule has 0 unspecified atom stereocenters. The van der Waals surface area contributed by atoms with Crippen molar-refractivity contribution in [2.75, 3.05) is 5.32 Å². The van der Waals surface area contributed by atoms with E-state index in [0.717, 1.165) is 24.2 Å². The standard InChI is InChI=1S/C14H17N5O/c1-3-4-13-17-18-14(20-13)15-8-11-9-19-6-5-10(2)7-12(19)16-11/h5-7,9H,3-4,8H2,1-2H3,(H,15,18). The molecule has 20 heavy (non-hydrogen) atoms. The number of nitrogens with one attached hydrogen (secondary N) is 1. The number of pyridine rings is 1. The van der Waals surface area contributed by atoms with Gasteiger partial charge in [0.15, 0.2) is 0 Å². The first-order chi connectivity index (χ1) is 9.74. The summed E-state index contributed by atoms with van der Waals surface area (Å²) in [5.74, 6) is 0.667. The number of aryl methyl sites for hydroxylation is 2. The van der Waals surface area contributed by atoms with Crippen molar-refractivity contribution >= 4 is 11.7 Å². The van der Waals surface area contributed by atoms with E-state index < -0.39 is 0 Å². The molecule has 0 atom stereocenters. The molecule has 0 aromatic carbocycles. The number of hydrogen-bond acceptors (Lipinski definition) is 5. The van der Waals surface area contributed by atoms with E-state index in [9.17, 15) is 0 Å².